The molecule has 2 aliphatic rings. The van der Waals surface area contributed by atoms with Gasteiger partial charge in [-0.2, -0.15) is 0 Å². The van der Waals surface area contributed by atoms with Crippen LogP contribution < -0.4 is 4.90 Å². The molecule has 1 saturated heterocycles. The second kappa shape index (κ2) is 10.7. The molecule has 1 aliphatic heterocycles. The molecule has 3 heterocycles. The van der Waals surface area contributed by atoms with Gasteiger partial charge in [0.25, 0.3) is 5.91 Å². The van der Waals surface area contributed by atoms with Crippen LogP contribution >= 0.6 is 22.7 Å². The molecule has 6 nitrogen and oxygen atoms in total. The summed E-state index contributed by atoms with van der Waals surface area (Å²) < 4.78 is 25.0. The smallest absolute Gasteiger partial charge is 0.264 e. The van der Waals surface area contributed by atoms with E-state index in [2.05, 4.69) is 48.4 Å². The third-order valence-electron chi connectivity index (χ3n) is 7.34. The number of likely N-dealkylation sites (tertiary alicyclic amines) is 1. The highest BCUT2D eigenvalue weighted by molar-refractivity contribution is 7.92. The zero-order valence-electron chi connectivity index (χ0n) is 21.6. The van der Waals surface area contributed by atoms with Crippen molar-refractivity contribution in [3.8, 4) is 11.3 Å². The fraction of sp³-hybridized carbons (Fsp3) is 0.429. The summed E-state index contributed by atoms with van der Waals surface area (Å²) in [5, 5.41) is 3.27. The maximum absolute atomic E-state index is 13.5. The van der Waals surface area contributed by atoms with Gasteiger partial charge in [-0.15, -0.1) is 22.7 Å². The van der Waals surface area contributed by atoms with E-state index in [9.17, 15) is 13.2 Å². The van der Waals surface area contributed by atoms with Gasteiger partial charge in [-0.05, 0) is 57.2 Å². The first-order valence-electron chi connectivity index (χ1n) is 12.9. The molecule has 9 heteroatoms. The number of nitrogens with zero attached hydrogens (tertiary/aromatic N) is 3. The minimum absolute atomic E-state index is 0.0296. The topological polar surface area (TPSA) is 70.6 Å². The van der Waals surface area contributed by atoms with Gasteiger partial charge in [-0.3, -0.25) is 4.79 Å². The van der Waals surface area contributed by atoms with Crippen molar-refractivity contribution < 1.29 is 13.2 Å². The first kappa shape index (κ1) is 26.1. The predicted molar refractivity (Wildman–Crippen MR) is 154 cm³/mol. The first-order valence-corrected chi connectivity index (χ1v) is 16.5. The van der Waals surface area contributed by atoms with Crippen LogP contribution in [0, 0.1) is 0 Å². The number of carbonyl (C=O) groups excluding carboxylic acids is 1. The van der Waals surface area contributed by atoms with E-state index in [4.69, 9.17) is 4.98 Å². The number of allylic oxidation sites excluding steroid dienone is 1. The summed E-state index contributed by atoms with van der Waals surface area (Å²) in [6.07, 6.45) is 8.37. The SMILES string of the molecule is CCN(CC)c1ccc(-c2csc(C3CCN(C(=O)c4sc(S(C)(=O)=O)c5c4CCC=C5)CC3)n2)cc1. The lowest BCUT2D eigenvalue weighted by Gasteiger charge is -2.31. The maximum atomic E-state index is 13.5. The number of anilines is 1. The van der Waals surface area contributed by atoms with E-state index < -0.39 is 9.84 Å². The second-order valence-corrected chi connectivity index (χ2v) is 13.8. The van der Waals surface area contributed by atoms with Gasteiger partial charge in [-0.25, -0.2) is 13.4 Å². The van der Waals surface area contributed by atoms with E-state index in [-0.39, 0.29) is 5.91 Å². The summed E-state index contributed by atoms with van der Waals surface area (Å²) >= 11 is 2.85. The van der Waals surface area contributed by atoms with Gasteiger partial charge in [0.1, 0.15) is 4.21 Å². The van der Waals surface area contributed by atoms with Gasteiger partial charge < -0.3 is 9.80 Å². The molecule has 0 radical (unpaired) electrons. The zero-order valence-corrected chi connectivity index (χ0v) is 24.0. The lowest BCUT2D eigenvalue weighted by Crippen LogP contribution is -2.38. The third-order valence-corrected chi connectivity index (χ3v) is 11.4. The molecule has 1 aromatic carbocycles. The van der Waals surface area contributed by atoms with Gasteiger partial charge in [0.2, 0.25) is 0 Å². The molecule has 1 amide bonds. The molecule has 1 fully saturated rings. The average molecular weight is 556 g/mol. The highest BCUT2D eigenvalue weighted by Gasteiger charge is 2.32. The summed E-state index contributed by atoms with van der Waals surface area (Å²) in [4.78, 5) is 23.3. The molecule has 0 atom stereocenters. The van der Waals surface area contributed by atoms with Crippen LogP contribution in [-0.2, 0) is 16.3 Å². The summed E-state index contributed by atoms with van der Waals surface area (Å²) in [6.45, 7) is 7.63. The van der Waals surface area contributed by atoms with E-state index in [1.54, 1.807) is 11.3 Å². The van der Waals surface area contributed by atoms with Crippen LogP contribution in [0.25, 0.3) is 17.3 Å². The number of hydrogen-bond acceptors (Lipinski definition) is 7. The highest BCUT2D eigenvalue weighted by atomic mass is 32.2. The number of piperidine rings is 1. The molecule has 0 bridgehead atoms. The minimum Gasteiger partial charge on any atom is -0.372 e. The molecule has 1 aliphatic carbocycles. The number of amides is 1. The number of benzene rings is 1. The summed E-state index contributed by atoms with van der Waals surface area (Å²) in [7, 11) is -3.38. The quantitative estimate of drug-likeness (QED) is 0.352. The Bertz CT molecular complexity index is 1410. The zero-order chi connectivity index (χ0) is 26.2. The van der Waals surface area contributed by atoms with Gasteiger partial charge in [-0.1, -0.05) is 24.3 Å². The molecule has 2 aromatic heterocycles. The highest BCUT2D eigenvalue weighted by Crippen LogP contribution is 2.39. The maximum Gasteiger partial charge on any atom is 0.264 e. The molecule has 0 N–H and O–H groups in total. The largest absolute Gasteiger partial charge is 0.372 e. The number of hydrogen-bond donors (Lipinski definition) is 0. The fourth-order valence-corrected chi connectivity index (χ4v) is 8.75. The van der Waals surface area contributed by atoms with E-state index in [1.807, 2.05) is 17.1 Å². The normalized spacial score (nSPS) is 16.1. The number of sulfone groups is 1. The molecule has 37 heavy (non-hydrogen) atoms. The standard InChI is InChI=1S/C28H33N3O3S3/c1-4-30(5-2)21-12-10-19(11-13-21)24-18-35-26(29-24)20-14-16-31(17-15-20)27(32)25-22-8-6-7-9-23(22)28(36-25)37(3,33)34/h7,9-13,18,20H,4-6,8,14-17H2,1-3H3. The Morgan fingerprint density at radius 2 is 1.84 bits per heavy atom. The number of carbonyl (C=O) groups is 1. The summed E-state index contributed by atoms with van der Waals surface area (Å²) in [5.74, 6) is 0.308. The van der Waals surface area contributed by atoms with Gasteiger partial charge in [0.05, 0.1) is 15.6 Å². The van der Waals surface area contributed by atoms with E-state index in [1.165, 1.54) is 11.9 Å². The minimum atomic E-state index is -3.38. The van der Waals surface area contributed by atoms with Crippen LogP contribution in [0.4, 0.5) is 5.69 Å². The lowest BCUT2D eigenvalue weighted by molar-refractivity contribution is 0.0717. The predicted octanol–water partition coefficient (Wildman–Crippen LogP) is 6.10. The van der Waals surface area contributed by atoms with Crippen LogP contribution in [0.3, 0.4) is 0 Å². The Kier molecular flexibility index (Phi) is 7.56. The number of rotatable bonds is 7. The van der Waals surface area contributed by atoms with E-state index in [0.717, 1.165) is 71.1 Å². The first-order chi connectivity index (χ1) is 17.8. The van der Waals surface area contributed by atoms with Crippen molar-refractivity contribution in [1.82, 2.24) is 9.88 Å². The second-order valence-electron chi connectivity index (χ2n) is 9.68. The Morgan fingerprint density at radius 1 is 1.14 bits per heavy atom. The van der Waals surface area contributed by atoms with E-state index in [0.29, 0.717) is 34.5 Å². The third kappa shape index (κ3) is 5.26. The van der Waals surface area contributed by atoms with Gasteiger partial charge >= 0.3 is 0 Å². The van der Waals surface area contributed by atoms with Crippen molar-refractivity contribution in [3.63, 3.8) is 0 Å². The Morgan fingerprint density at radius 3 is 2.49 bits per heavy atom. The molecule has 0 saturated carbocycles. The van der Waals surface area contributed by atoms with Crippen molar-refractivity contribution in [3.05, 3.63) is 56.7 Å². The van der Waals surface area contributed by atoms with Gasteiger partial charge in [0, 0.05) is 60.5 Å². The van der Waals surface area contributed by atoms with Crippen molar-refractivity contribution >= 4 is 50.2 Å². The van der Waals surface area contributed by atoms with Crippen molar-refractivity contribution in [2.45, 2.75) is 49.7 Å². The lowest BCUT2D eigenvalue weighted by atomic mass is 9.96. The molecule has 5 rings (SSSR count). The summed E-state index contributed by atoms with van der Waals surface area (Å²) in [6, 6.07) is 8.63. The van der Waals surface area contributed by atoms with Crippen molar-refractivity contribution in [2.75, 3.05) is 37.3 Å². The Hall–Kier alpha value is -2.49. The molecule has 196 valence electrons. The van der Waals surface area contributed by atoms with Crippen molar-refractivity contribution in [2.24, 2.45) is 0 Å². The van der Waals surface area contributed by atoms with Crippen LogP contribution in [0.2, 0.25) is 0 Å². The van der Waals surface area contributed by atoms with Crippen molar-refractivity contribution in [1.29, 1.82) is 0 Å². The molecule has 0 unspecified atom stereocenters. The van der Waals surface area contributed by atoms with Crippen LogP contribution in [0.1, 0.15) is 64.8 Å². The fourth-order valence-electron chi connectivity index (χ4n) is 5.26. The number of fused-ring (bicyclic) bond motifs is 1. The molecule has 0 spiro atoms. The average Bonchev–Trinajstić information content (AvgIpc) is 3.55. The van der Waals surface area contributed by atoms with Crippen LogP contribution in [0.15, 0.2) is 39.9 Å². The number of aromatic nitrogens is 1. The summed E-state index contributed by atoms with van der Waals surface area (Å²) in [5.41, 5.74) is 4.99. The molecular weight excluding hydrogens is 523 g/mol. The van der Waals surface area contributed by atoms with E-state index >= 15 is 0 Å². The van der Waals surface area contributed by atoms with Crippen LogP contribution in [0.5, 0.6) is 0 Å². The molecular formula is C28H33N3O3S3. The number of thiophene rings is 1. The van der Waals surface area contributed by atoms with Gasteiger partial charge in [0.15, 0.2) is 9.84 Å². The monoisotopic (exact) mass is 555 g/mol. The van der Waals surface area contributed by atoms with Crippen LogP contribution in [-0.4, -0.2) is 56.6 Å². The Balaban J connectivity index is 1.26. The molecule has 3 aromatic rings. The number of thiazole rings is 1. The Labute approximate surface area is 227 Å².